The van der Waals surface area contributed by atoms with Crippen LogP contribution in [-0.4, -0.2) is 12.9 Å². The molecule has 1 aliphatic rings. The van der Waals surface area contributed by atoms with E-state index in [0.717, 1.165) is 33.9 Å². The molecule has 0 amide bonds. The summed E-state index contributed by atoms with van der Waals surface area (Å²) >= 11 is 0. The number of ether oxygens (including phenoxy) is 2. The smallest absolute Gasteiger partial charge is 0.163 e. The van der Waals surface area contributed by atoms with Crippen molar-refractivity contribution < 1.29 is 14.3 Å². The molecule has 4 rings (SSSR count). The Morgan fingerprint density at radius 3 is 2.37 bits per heavy atom. The van der Waals surface area contributed by atoms with Crippen LogP contribution in [0.2, 0.25) is 0 Å². The maximum Gasteiger partial charge on any atom is 0.163 e. The summed E-state index contributed by atoms with van der Waals surface area (Å²) in [7, 11) is 1.65. The summed E-state index contributed by atoms with van der Waals surface area (Å²) < 4.78 is 11.3. The van der Waals surface area contributed by atoms with Crippen LogP contribution in [0.4, 0.5) is 0 Å². The van der Waals surface area contributed by atoms with Gasteiger partial charge >= 0.3 is 0 Å². The second-order valence-electron chi connectivity index (χ2n) is 6.50. The number of ketones is 1. The number of allylic oxidation sites excluding steroid dienone is 1. The minimum Gasteiger partial charge on any atom is -0.497 e. The zero-order valence-electron chi connectivity index (χ0n) is 15.1. The van der Waals surface area contributed by atoms with Crippen molar-refractivity contribution in [1.29, 1.82) is 0 Å². The average Bonchev–Trinajstić information content (AvgIpc) is 2.74. The summed E-state index contributed by atoms with van der Waals surface area (Å²) in [5, 5.41) is 0. The van der Waals surface area contributed by atoms with Crippen LogP contribution in [0.5, 0.6) is 11.5 Å². The maximum atomic E-state index is 12.8. The Balaban J connectivity index is 1.67. The molecule has 3 aromatic rings. The lowest BCUT2D eigenvalue weighted by atomic mass is 9.88. The summed E-state index contributed by atoms with van der Waals surface area (Å²) in [4.78, 5) is 12.8. The third kappa shape index (κ3) is 3.63. The van der Waals surface area contributed by atoms with Gasteiger partial charge in [-0.3, -0.25) is 4.79 Å². The Bertz CT molecular complexity index is 972. The highest BCUT2D eigenvalue weighted by atomic mass is 16.5. The molecule has 27 heavy (non-hydrogen) atoms. The predicted octanol–water partition coefficient (Wildman–Crippen LogP) is 5.49. The molecule has 3 nitrogen and oxygen atoms in total. The molecule has 0 N–H and O–H groups in total. The Morgan fingerprint density at radius 1 is 0.926 bits per heavy atom. The van der Waals surface area contributed by atoms with E-state index in [-0.39, 0.29) is 11.7 Å². The molecule has 0 fully saturated rings. The van der Waals surface area contributed by atoms with E-state index in [4.69, 9.17) is 9.47 Å². The third-order valence-electron chi connectivity index (χ3n) is 4.77. The first kappa shape index (κ1) is 17.1. The van der Waals surface area contributed by atoms with E-state index < -0.39 is 0 Å². The molecule has 0 bridgehead atoms. The fourth-order valence-electron chi connectivity index (χ4n) is 3.33. The molecular weight excluding hydrogens is 336 g/mol. The molecule has 3 aromatic carbocycles. The van der Waals surface area contributed by atoms with E-state index in [2.05, 4.69) is 0 Å². The van der Waals surface area contributed by atoms with E-state index in [9.17, 15) is 4.79 Å². The number of Topliss-reactive ketones (excluding diaryl/α,β-unsaturated/α-hetero) is 1. The van der Waals surface area contributed by atoms with Gasteiger partial charge in [0.1, 0.15) is 17.3 Å². The minimum atomic E-state index is -0.0280. The van der Waals surface area contributed by atoms with Crippen molar-refractivity contribution in [2.45, 2.75) is 12.3 Å². The molecule has 1 atom stereocenters. The molecule has 0 spiro atoms. The van der Waals surface area contributed by atoms with Crippen molar-refractivity contribution >= 4 is 11.5 Å². The number of carbonyl (C=O) groups is 1. The van der Waals surface area contributed by atoms with Crippen LogP contribution in [0.1, 0.15) is 33.8 Å². The largest absolute Gasteiger partial charge is 0.497 e. The molecule has 0 saturated heterocycles. The zero-order chi connectivity index (χ0) is 18.6. The summed E-state index contributed by atoms with van der Waals surface area (Å²) in [6, 6.07) is 25.1. The van der Waals surface area contributed by atoms with E-state index in [1.165, 1.54) is 0 Å². The highest BCUT2D eigenvalue weighted by molar-refractivity contribution is 5.97. The van der Waals surface area contributed by atoms with Crippen molar-refractivity contribution in [3.8, 4) is 11.5 Å². The lowest BCUT2D eigenvalue weighted by Crippen LogP contribution is -2.13. The Kier molecular flexibility index (Phi) is 4.75. The normalized spacial score (nSPS) is 15.3. The summed E-state index contributed by atoms with van der Waals surface area (Å²) in [5.74, 6) is 2.47. The fourth-order valence-corrected chi connectivity index (χ4v) is 3.33. The van der Waals surface area contributed by atoms with Gasteiger partial charge in [0.25, 0.3) is 0 Å². The molecule has 0 radical (unpaired) electrons. The third-order valence-corrected chi connectivity index (χ3v) is 4.77. The van der Waals surface area contributed by atoms with Gasteiger partial charge in [-0.25, -0.2) is 0 Å². The molecular formula is C24H20O3. The first-order valence-electron chi connectivity index (χ1n) is 8.96. The Morgan fingerprint density at radius 2 is 1.63 bits per heavy atom. The number of carbonyl (C=O) groups excluding carboxylic acids is 1. The molecule has 0 aromatic heterocycles. The highest BCUT2D eigenvalue weighted by Gasteiger charge is 2.25. The second kappa shape index (κ2) is 7.50. The Labute approximate surface area is 158 Å². The van der Waals surface area contributed by atoms with Crippen LogP contribution >= 0.6 is 0 Å². The molecule has 1 unspecified atom stereocenters. The van der Waals surface area contributed by atoms with Crippen molar-refractivity contribution in [2.75, 3.05) is 7.11 Å². The van der Waals surface area contributed by atoms with Crippen LogP contribution in [0.3, 0.4) is 0 Å². The summed E-state index contributed by atoms with van der Waals surface area (Å²) in [6.07, 6.45) is 2.45. The van der Waals surface area contributed by atoms with Crippen LogP contribution in [-0.2, 0) is 0 Å². The molecule has 134 valence electrons. The SMILES string of the molecule is COc1ccc(C2=CC(CC(=O)c3ccccc3)c3ccccc3O2)cc1. The van der Waals surface area contributed by atoms with E-state index in [0.29, 0.717) is 6.42 Å². The quantitative estimate of drug-likeness (QED) is 0.568. The van der Waals surface area contributed by atoms with E-state index in [1.807, 2.05) is 84.9 Å². The van der Waals surface area contributed by atoms with Crippen LogP contribution in [0.25, 0.3) is 5.76 Å². The van der Waals surface area contributed by atoms with E-state index in [1.54, 1.807) is 7.11 Å². The number of rotatable bonds is 5. The maximum absolute atomic E-state index is 12.8. The number of para-hydroxylation sites is 1. The molecule has 1 aliphatic heterocycles. The van der Waals surface area contributed by atoms with Gasteiger partial charge in [-0.15, -0.1) is 0 Å². The number of methoxy groups -OCH3 is 1. The predicted molar refractivity (Wildman–Crippen MR) is 106 cm³/mol. The fraction of sp³-hybridized carbons (Fsp3) is 0.125. The standard InChI is InChI=1S/C24H20O3/c1-26-20-13-11-18(12-14-20)24-16-19(21-9-5-6-10-23(21)27-24)15-22(25)17-7-3-2-4-8-17/h2-14,16,19H,15H2,1H3. The van der Waals surface area contributed by atoms with Gasteiger partial charge in [-0.05, 0) is 36.4 Å². The Hall–Kier alpha value is -3.33. The molecule has 1 heterocycles. The lowest BCUT2D eigenvalue weighted by Gasteiger charge is -2.25. The first-order chi connectivity index (χ1) is 13.2. The lowest BCUT2D eigenvalue weighted by molar-refractivity contribution is 0.0978. The van der Waals surface area contributed by atoms with Gasteiger partial charge in [-0.2, -0.15) is 0 Å². The van der Waals surface area contributed by atoms with Gasteiger partial charge in [0.2, 0.25) is 0 Å². The summed E-state index contributed by atoms with van der Waals surface area (Å²) in [6.45, 7) is 0. The number of benzene rings is 3. The van der Waals surface area contributed by atoms with Gasteiger partial charge < -0.3 is 9.47 Å². The second-order valence-corrected chi connectivity index (χ2v) is 6.50. The van der Waals surface area contributed by atoms with Gasteiger partial charge in [-0.1, -0.05) is 48.5 Å². The van der Waals surface area contributed by atoms with Crippen molar-refractivity contribution in [3.05, 3.63) is 102 Å². The topological polar surface area (TPSA) is 35.5 Å². The number of hydrogen-bond donors (Lipinski definition) is 0. The zero-order valence-corrected chi connectivity index (χ0v) is 15.1. The van der Waals surface area contributed by atoms with Gasteiger partial charge in [0.05, 0.1) is 7.11 Å². The van der Waals surface area contributed by atoms with Gasteiger partial charge in [0, 0.05) is 29.0 Å². The molecule has 3 heteroatoms. The van der Waals surface area contributed by atoms with Crippen LogP contribution in [0.15, 0.2) is 84.9 Å². The van der Waals surface area contributed by atoms with Gasteiger partial charge in [0.15, 0.2) is 5.78 Å². The molecule has 0 saturated carbocycles. The van der Waals surface area contributed by atoms with Crippen molar-refractivity contribution in [3.63, 3.8) is 0 Å². The summed E-state index contributed by atoms with van der Waals surface area (Å²) in [5.41, 5.74) is 2.74. The van der Waals surface area contributed by atoms with Crippen molar-refractivity contribution in [1.82, 2.24) is 0 Å². The van der Waals surface area contributed by atoms with E-state index >= 15 is 0 Å². The monoisotopic (exact) mass is 356 g/mol. The van der Waals surface area contributed by atoms with Crippen LogP contribution in [0, 0.1) is 0 Å². The van der Waals surface area contributed by atoms with Crippen LogP contribution < -0.4 is 9.47 Å². The highest BCUT2D eigenvalue weighted by Crippen LogP contribution is 2.39. The minimum absolute atomic E-state index is 0.0280. The first-order valence-corrected chi connectivity index (χ1v) is 8.96. The number of fused-ring (bicyclic) bond motifs is 1. The number of hydrogen-bond acceptors (Lipinski definition) is 3. The molecule has 0 aliphatic carbocycles. The average molecular weight is 356 g/mol. The van der Waals surface area contributed by atoms with Crippen molar-refractivity contribution in [2.24, 2.45) is 0 Å².